The minimum Gasteiger partial charge on any atom is -0.481 e. The van der Waals surface area contributed by atoms with Gasteiger partial charge in [0.25, 0.3) is 11.5 Å². The van der Waals surface area contributed by atoms with E-state index < -0.39 is 35.7 Å². The molecule has 1 heterocycles. The number of benzene rings is 2. The predicted molar refractivity (Wildman–Crippen MR) is 95.2 cm³/mol. The average Bonchev–Trinajstić information content (AvgIpc) is 3.04. The Morgan fingerprint density at radius 1 is 1.11 bits per heavy atom. The Hall–Kier alpha value is -3.68. The first kappa shape index (κ1) is 18.1. The Bertz CT molecular complexity index is 1030. The normalized spacial score (nSPS) is 11.7. The van der Waals surface area contributed by atoms with Gasteiger partial charge in [0.15, 0.2) is 0 Å². The molecule has 8 heteroatoms. The number of carboxylic acids is 1. The molecule has 3 rings (SSSR count). The van der Waals surface area contributed by atoms with E-state index in [4.69, 9.17) is 5.11 Å². The molecule has 0 aliphatic heterocycles. The number of rotatable bonds is 6. The van der Waals surface area contributed by atoms with Crippen molar-refractivity contribution in [1.29, 1.82) is 0 Å². The summed E-state index contributed by atoms with van der Waals surface area (Å²) in [6, 6.07) is 14.3. The lowest BCUT2D eigenvalue weighted by Gasteiger charge is -2.17. The van der Waals surface area contributed by atoms with Gasteiger partial charge in [-0.15, -0.1) is 0 Å². The molecule has 0 unspecified atom stereocenters. The second-order valence-electron chi connectivity index (χ2n) is 5.82. The highest BCUT2D eigenvalue weighted by Crippen LogP contribution is 2.20. The molecule has 1 amide bonds. The SMILES string of the molecule is O=C(O)C[C@H](NC(=O)c1cc(=O)n(-c2ccccc2)[nH]1)c1ccccc1F. The minimum atomic E-state index is -1.20. The summed E-state index contributed by atoms with van der Waals surface area (Å²) in [6.45, 7) is 0. The van der Waals surface area contributed by atoms with Crippen molar-refractivity contribution in [2.24, 2.45) is 0 Å². The monoisotopic (exact) mass is 369 g/mol. The summed E-state index contributed by atoms with van der Waals surface area (Å²) in [4.78, 5) is 35.8. The van der Waals surface area contributed by atoms with Gasteiger partial charge in [0.1, 0.15) is 11.5 Å². The van der Waals surface area contributed by atoms with Crippen LogP contribution in [0.15, 0.2) is 65.5 Å². The zero-order valence-corrected chi connectivity index (χ0v) is 14.1. The molecule has 3 N–H and O–H groups in total. The maximum atomic E-state index is 14.0. The number of carboxylic acid groups (broad SMARTS) is 1. The van der Waals surface area contributed by atoms with Crippen LogP contribution in [0.3, 0.4) is 0 Å². The van der Waals surface area contributed by atoms with Gasteiger partial charge in [-0.05, 0) is 18.2 Å². The van der Waals surface area contributed by atoms with E-state index >= 15 is 0 Å². The molecule has 0 saturated heterocycles. The summed E-state index contributed by atoms with van der Waals surface area (Å²) in [6.07, 6.45) is -0.504. The molecule has 27 heavy (non-hydrogen) atoms. The standard InChI is InChI=1S/C19H16FN3O4/c20-14-9-5-4-8-13(14)15(11-18(25)26)21-19(27)16-10-17(24)23(22-16)12-6-2-1-3-7-12/h1-10,15,22H,11H2,(H,21,27)(H,25,26)/t15-/m0/s1. The van der Waals surface area contributed by atoms with Crippen LogP contribution in [0.5, 0.6) is 0 Å². The number of hydrogen-bond donors (Lipinski definition) is 3. The van der Waals surface area contributed by atoms with Gasteiger partial charge in [-0.3, -0.25) is 19.5 Å². The first-order valence-electron chi connectivity index (χ1n) is 8.10. The van der Waals surface area contributed by atoms with E-state index in [0.717, 1.165) is 6.07 Å². The van der Waals surface area contributed by atoms with Crippen molar-refractivity contribution in [2.45, 2.75) is 12.5 Å². The second kappa shape index (κ2) is 7.69. The van der Waals surface area contributed by atoms with Crippen LogP contribution in [0.2, 0.25) is 0 Å². The van der Waals surface area contributed by atoms with E-state index in [1.54, 1.807) is 36.4 Å². The molecule has 7 nitrogen and oxygen atoms in total. The number of carbonyl (C=O) groups is 2. The fourth-order valence-electron chi connectivity index (χ4n) is 2.69. The van der Waals surface area contributed by atoms with Gasteiger partial charge in [0.2, 0.25) is 0 Å². The number of aromatic nitrogens is 2. The zero-order chi connectivity index (χ0) is 19.4. The molecule has 0 spiro atoms. The Morgan fingerprint density at radius 2 is 1.78 bits per heavy atom. The van der Waals surface area contributed by atoms with E-state index in [-0.39, 0.29) is 11.3 Å². The number of carbonyl (C=O) groups excluding carboxylic acids is 1. The van der Waals surface area contributed by atoms with Gasteiger partial charge < -0.3 is 10.4 Å². The fourth-order valence-corrected chi connectivity index (χ4v) is 2.69. The van der Waals surface area contributed by atoms with Crippen molar-refractivity contribution in [3.63, 3.8) is 0 Å². The van der Waals surface area contributed by atoms with Gasteiger partial charge in [-0.2, -0.15) is 0 Å². The van der Waals surface area contributed by atoms with Crippen LogP contribution >= 0.6 is 0 Å². The maximum absolute atomic E-state index is 14.0. The number of para-hydroxylation sites is 1. The van der Waals surface area contributed by atoms with Crippen LogP contribution in [0, 0.1) is 5.82 Å². The lowest BCUT2D eigenvalue weighted by atomic mass is 10.0. The first-order valence-corrected chi connectivity index (χ1v) is 8.10. The molecule has 1 aromatic heterocycles. The van der Waals surface area contributed by atoms with Crippen molar-refractivity contribution in [1.82, 2.24) is 15.1 Å². The third-order valence-corrected chi connectivity index (χ3v) is 3.94. The summed E-state index contributed by atoms with van der Waals surface area (Å²) in [5.74, 6) is -2.53. The van der Waals surface area contributed by atoms with E-state index in [9.17, 15) is 18.8 Å². The van der Waals surface area contributed by atoms with Crippen LogP contribution in [0.25, 0.3) is 5.69 Å². The van der Waals surface area contributed by atoms with Crippen LogP contribution in [0.4, 0.5) is 4.39 Å². The molecular formula is C19H16FN3O4. The molecule has 0 aliphatic rings. The number of amides is 1. The molecule has 0 aliphatic carbocycles. The minimum absolute atomic E-state index is 0.0538. The van der Waals surface area contributed by atoms with Gasteiger partial charge in [0, 0.05) is 11.6 Å². The molecular weight excluding hydrogens is 353 g/mol. The predicted octanol–water partition coefficient (Wildman–Crippen LogP) is 2.25. The lowest BCUT2D eigenvalue weighted by molar-refractivity contribution is -0.137. The molecule has 3 aromatic rings. The number of nitrogens with zero attached hydrogens (tertiary/aromatic N) is 1. The van der Waals surface area contributed by atoms with Crippen molar-refractivity contribution in [2.75, 3.05) is 0 Å². The fraction of sp³-hybridized carbons (Fsp3) is 0.105. The van der Waals surface area contributed by atoms with Crippen LogP contribution in [0.1, 0.15) is 28.5 Å². The zero-order valence-electron chi connectivity index (χ0n) is 14.1. The van der Waals surface area contributed by atoms with E-state index in [2.05, 4.69) is 10.4 Å². The quantitative estimate of drug-likeness (QED) is 0.620. The summed E-state index contributed by atoms with van der Waals surface area (Å²) >= 11 is 0. The maximum Gasteiger partial charge on any atom is 0.305 e. The molecule has 2 aromatic carbocycles. The van der Waals surface area contributed by atoms with Crippen molar-refractivity contribution < 1.29 is 19.1 Å². The molecule has 1 atom stereocenters. The highest BCUT2D eigenvalue weighted by molar-refractivity contribution is 5.92. The second-order valence-corrected chi connectivity index (χ2v) is 5.82. The topological polar surface area (TPSA) is 104 Å². The lowest BCUT2D eigenvalue weighted by Crippen LogP contribution is -2.31. The molecule has 0 radical (unpaired) electrons. The van der Waals surface area contributed by atoms with Crippen molar-refractivity contribution >= 4 is 11.9 Å². The Balaban J connectivity index is 1.87. The number of aliphatic carboxylic acids is 1. The molecule has 0 fully saturated rings. The van der Waals surface area contributed by atoms with Gasteiger partial charge >= 0.3 is 5.97 Å². The Labute approximate surface area is 153 Å². The van der Waals surface area contributed by atoms with Gasteiger partial charge in [0.05, 0.1) is 18.2 Å². The van der Waals surface area contributed by atoms with E-state index in [0.29, 0.717) is 5.69 Å². The molecule has 0 saturated carbocycles. The van der Waals surface area contributed by atoms with Gasteiger partial charge in [-0.25, -0.2) is 9.07 Å². The average molecular weight is 369 g/mol. The number of H-pyrrole nitrogens is 1. The number of hydrogen-bond acceptors (Lipinski definition) is 3. The highest BCUT2D eigenvalue weighted by atomic mass is 19.1. The van der Waals surface area contributed by atoms with E-state index in [1.165, 1.54) is 22.9 Å². The Morgan fingerprint density at radius 3 is 2.44 bits per heavy atom. The third kappa shape index (κ3) is 4.12. The largest absolute Gasteiger partial charge is 0.481 e. The molecule has 0 bridgehead atoms. The van der Waals surface area contributed by atoms with Crippen LogP contribution in [-0.4, -0.2) is 26.8 Å². The highest BCUT2D eigenvalue weighted by Gasteiger charge is 2.23. The first-order chi connectivity index (χ1) is 13.0. The third-order valence-electron chi connectivity index (χ3n) is 3.94. The smallest absolute Gasteiger partial charge is 0.305 e. The van der Waals surface area contributed by atoms with Crippen LogP contribution in [-0.2, 0) is 4.79 Å². The number of halogens is 1. The van der Waals surface area contributed by atoms with E-state index in [1.807, 2.05) is 0 Å². The summed E-state index contributed by atoms with van der Waals surface area (Å²) in [5, 5.41) is 14.2. The van der Waals surface area contributed by atoms with Crippen molar-refractivity contribution in [3.8, 4) is 5.69 Å². The summed E-state index contributed by atoms with van der Waals surface area (Å²) in [7, 11) is 0. The number of nitrogens with one attached hydrogen (secondary N) is 2. The molecule has 138 valence electrons. The number of aromatic amines is 1. The summed E-state index contributed by atoms with van der Waals surface area (Å²) < 4.78 is 15.2. The summed E-state index contributed by atoms with van der Waals surface area (Å²) in [5.41, 5.74) is 0.0819. The van der Waals surface area contributed by atoms with Crippen LogP contribution < -0.4 is 10.9 Å². The van der Waals surface area contributed by atoms with Gasteiger partial charge in [-0.1, -0.05) is 36.4 Å². The Kier molecular flexibility index (Phi) is 5.16. The van der Waals surface area contributed by atoms with Crippen molar-refractivity contribution in [3.05, 3.63) is 88.1 Å².